The van der Waals surface area contributed by atoms with Crippen LogP contribution in [0.5, 0.6) is 0 Å². The molecule has 0 aromatic heterocycles. The number of hydrogen-bond acceptors (Lipinski definition) is 3. The summed E-state index contributed by atoms with van der Waals surface area (Å²) in [6.45, 7) is 1.23. The highest BCUT2D eigenvalue weighted by Crippen LogP contribution is 2.30. The summed E-state index contributed by atoms with van der Waals surface area (Å²) in [7, 11) is 1.94. The lowest BCUT2D eigenvalue weighted by molar-refractivity contribution is 0.0145. The molecule has 1 aliphatic carbocycles. The van der Waals surface area contributed by atoms with Crippen molar-refractivity contribution >= 4 is 5.69 Å². The molecule has 1 aromatic rings. The van der Waals surface area contributed by atoms with Gasteiger partial charge in [-0.05, 0) is 43.7 Å². The highest BCUT2D eigenvalue weighted by atomic mass is 19.1. The van der Waals surface area contributed by atoms with Crippen LogP contribution < -0.4 is 5.73 Å². The second-order valence-electron chi connectivity index (χ2n) is 5.50. The molecule has 0 unspecified atom stereocenters. The lowest BCUT2D eigenvalue weighted by Crippen LogP contribution is -2.38. The normalized spacial score (nSPS) is 18.4. The molecule has 0 heterocycles. The van der Waals surface area contributed by atoms with Crippen molar-refractivity contribution in [3.8, 4) is 0 Å². The van der Waals surface area contributed by atoms with Gasteiger partial charge in [-0.3, -0.25) is 4.90 Å². The fraction of sp³-hybridized carbons (Fsp3) is 0.571. The molecule has 0 amide bonds. The van der Waals surface area contributed by atoms with Crippen LogP contribution in [-0.2, 0) is 6.54 Å². The van der Waals surface area contributed by atoms with Gasteiger partial charge in [-0.1, -0.05) is 12.8 Å². The summed E-state index contributed by atoms with van der Waals surface area (Å²) in [5.41, 5.74) is 6.34. The molecule has 1 fully saturated rings. The van der Waals surface area contributed by atoms with E-state index in [-0.39, 0.29) is 5.82 Å². The quantitative estimate of drug-likeness (QED) is 0.807. The molecule has 0 radical (unpaired) electrons. The summed E-state index contributed by atoms with van der Waals surface area (Å²) < 4.78 is 13.2. The summed E-state index contributed by atoms with van der Waals surface area (Å²) in [5, 5.41) is 10.3. The van der Waals surface area contributed by atoms with Crippen molar-refractivity contribution in [1.29, 1.82) is 0 Å². The van der Waals surface area contributed by atoms with E-state index in [2.05, 4.69) is 0 Å². The third kappa shape index (κ3) is 3.43. The molecule has 0 atom stereocenters. The second kappa shape index (κ2) is 5.24. The predicted octanol–water partition coefficient (Wildman–Crippen LogP) is 2.14. The first kappa shape index (κ1) is 13.3. The van der Waals surface area contributed by atoms with Crippen LogP contribution in [-0.4, -0.2) is 29.2 Å². The summed E-state index contributed by atoms with van der Waals surface area (Å²) >= 11 is 0. The summed E-state index contributed by atoms with van der Waals surface area (Å²) in [4.78, 5) is 2.03. The van der Waals surface area contributed by atoms with Crippen molar-refractivity contribution in [3.63, 3.8) is 0 Å². The van der Waals surface area contributed by atoms with Gasteiger partial charge in [0.15, 0.2) is 0 Å². The minimum atomic E-state index is -0.562. The Morgan fingerprint density at radius 1 is 1.33 bits per heavy atom. The monoisotopic (exact) mass is 252 g/mol. The molecule has 1 aliphatic rings. The Kier molecular flexibility index (Phi) is 3.88. The molecule has 0 aliphatic heterocycles. The molecule has 3 nitrogen and oxygen atoms in total. The summed E-state index contributed by atoms with van der Waals surface area (Å²) in [6.07, 6.45) is 3.92. The van der Waals surface area contributed by atoms with Crippen LogP contribution in [0, 0.1) is 5.82 Å². The van der Waals surface area contributed by atoms with Crippen molar-refractivity contribution in [1.82, 2.24) is 4.90 Å². The van der Waals surface area contributed by atoms with E-state index in [9.17, 15) is 9.50 Å². The predicted molar refractivity (Wildman–Crippen MR) is 70.6 cm³/mol. The fourth-order valence-electron chi connectivity index (χ4n) is 2.83. The smallest absolute Gasteiger partial charge is 0.125 e. The SMILES string of the molecule is CN(Cc1cc(N)cc(F)c1)CC1(O)CCCC1. The van der Waals surface area contributed by atoms with E-state index in [1.54, 1.807) is 6.07 Å². The Morgan fingerprint density at radius 3 is 2.61 bits per heavy atom. The zero-order valence-corrected chi connectivity index (χ0v) is 10.8. The van der Waals surface area contributed by atoms with Crippen molar-refractivity contribution < 1.29 is 9.50 Å². The number of benzene rings is 1. The first-order valence-corrected chi connectivity index (χ1v) is 6.43. The summed E-state index contributed by atoms with van der Waals surface area (Å²) in [6, 6.07) is 4.58. The number of nitrogen functional groups attached to an aromatic ring is 1. The van der Waals surface area contributed by atoms with Gasteiger partial charge in [-0.15, -0.1) is 0 Å². The van der Waals surface area contributed by atoms with Gasteiger partial charge in [0.1, 0.15) is 5.82 Å². The number of likely N-dealkylation sites (N-methyl/N-ethyl adjacent to an activating group) is 1. The fourth-order valence-corrected chi connectivity index (χ4v) is 2.83. The van der Waals surface area contributed by atoms with Gasteiger partial charge in [-0.2, -0.15) is 0 Å². The number of nitrogens with zero attached hydrogens (tertiary/aromatic N) is 1. The molecule has 0 spiro atoms. The second-order valence-corrected chi connectivity index (χ2v) is 5.50. The molecule has 18 heavy (non-hydrogen) atoms. The molecular formula is C14H21FN2O. The van der Waals surface area contributed by atoms with E-state index in [4.69, 9.17) is 5.73 Å². The number of halogens is 1. The van der Waals surface area contributed by atoms with Crippen LogP contribution in [0.15, 0.2) is 18.2 Å². The molecule has 4 heteroatoms. The van der Waals surface area contributed by atoms with Gasteiger partial charge >= 0.3 is 0 Å². The average molecular weight is 252 g/mol. The zero-order chi connectivity index (χ0) is 13.2. The van der Waals surface area contributed by atoms with Crippen LogP contribution in [0.2, 0.25) is 0 Å². The van der Waals surface area contributed by atoms with Crippen LogP contribution in [0.3, 0.4) is 0 Å². The number of hydrogen-bond donors (Lipinski definition) is 2. The van der Waals surface area contributed by atoms with Gasteiger partial charge in [0, 0.05) is 18.8 Å². The number of aliphatic hydroxyl groups is 1. The molecule has 1 aromatic carbocycles. The van der Waals surface area contributed by atoms with Crippen LogP contribution in [0.4, 0.5) is 10.1 Å². The molecule has 2 rings (SSSR count). The van der Waals surface area contributed by atoms with E-state index in [1.807, 2.05) is 11.9 Å². The van der Waals surface area contributed by atoms with Crippen LogP contribution in [0.1, 0.15) is 31.2 Å². The number of nitrogens with two attached hydrogens (primary N) is 1. The third-order valence-corrected chi connectivity index (χ3v) is 3.53. The Balaban J connectivity index is 1.96. The molecular weight excluding hydrogens is 231 g/mol. The first-order valence-electron chi connectivity index (χ1n) is 6.43. The Labute approximate surface area is 107 Å². The van der Waals surface area contributed by atoms with E-state index < -0.39 is 5.60 Å². The highest BCUT2D eigenvalue weighted by molar-refractivity contribution is 5.41. The van der Waals surface area contributed by atoms with E-state index in [0.29, 0.717) is 18.8 Å². The lowest BCUT2D eigenvalue weighted by Gasteiger charge is -2.28. The van der Waals surface area contributed by atoms with Gasteiger partial charge in [-0.25, -0.2) is 4.39 Å². The van der Waals surface area contributed by atoms with Gasteiger partial charge in [0.05, 0.1) is 5.60 Å². The van der Waals surface area contributed by atoms with Gasteiger partial charge in [0.25, 0.3) is 0 Å². The minimum Gasteiger partial charge on any atom is -0.399 e. The third-order valence-electron chi connectivity index (χ3n) is 3.53. The molecule has 0 saturated heterocycles. The molecule has 1 saturated carbocycles. The Hall–Kier alpha value is -1.13. The average Bonchev–Trinajstić information content (AvgIpc) is 2.62. The van der Waals surface area contributed by atoms with Gasteiger partial charge < -0.3 is 10.8 Å². The van der Waals surface area contributed by atoms with E-state index in [1.165, 1.54) is 12.1 Å². The van der Waals surface area contributed by atoms with Crippen molar-refractivity contribution in [3.05, 3.63) is 29.6 Å². The zero-order valence-electron chi connectivity index (χ0n) is 10.8. The molecule has 0 bridgehead atoms. The first-order chi connectivity index (χ1) is 8.47. The Morgan fingerprint density at radius 2 is 2.00 bits per heavy atom. The highest BCUT2D eigenvalue weighted by Gasteiger charge is 2.32. The van der Waals surface area contributed by atoms with Crippen molar-refractivity contribution in [2.75, 3.05) is 19.3 Å². The topological polar surface area (TPSA) is 49.5 Å². The van der Waals surface area contributed by atoms with Crippen LogP contribution in [0.25, 0.3) is 0 Å². The number of rotatable bonds is 4. The minimum absolute atomic E-state index is 0.307. The lowest BCUT2D eigenvalue weighted by atomic mass is 10.0. The largest absolute Gasteiger partial charge is 0.399 e. The maximum atomic E-state index is 13.2. The molecule has 100 valence electrons. The van der Waals surface area contributed by atoms with Gasteiger partial charge in [0.2, 0.25) is 0 Å². The maximum Gasteiger partial charge on any atom is 0.125 e. The van der Waals surface area contributed by atoms with E-state index in [0.717, 1.165) is 31.2 Å². The maximum absolute atomic E-state index is 13.2. The standard InChI is InChI=1S/C14H21FN2O/c1-17(10-14(18)4-2-3-5-14)9-11-6-12(15)8-13(16)7-11/h6-8,18H,2-5,9-10,16H2,1H3. The van der Waals surface area contributed by atoms with Crippen LogP contribution >= 0.6 is 0 Å². The Bertz CT molecular complexity index is 396. The van der Waals surface area contributed by atoms with E-state index >= 15 is 0 Å². The molecule has 3 N–H and O–H groups in total. The van der Waals surface area contributed by atoms with Crippen molar-refractivity contribution in [2.45, 2.75) is 37.8 Å². The number of anilines is 1. The summed E-state index contributed by atoms with van der Waals surface area (Å²) in [5.74, 6) is -0.307. The van der Waals surface area contributed by atoms with Crippen molar-refractivity contribution in [2.24, 2.45) is 0 Å².